The van der Waals surface area contributed by atoms with E-state index in [0.717, 1.165) is 33.6 Å². The fraction of sp³-hybridized carbons (Fsp3) is 0.100. The molecule has 0 spiro atoms. The Balaban J connectivity index is 1.57. The standard InChI is InChI=1S/C20H16N6/c1-13-9-14(11-21)4-5-16(13)15-6-8-22-19(10-15)24-12-18-17-3-2-7-23-20(17)26-25-18/h2-10H,12H2,1H3,(H,22,24)(H,23,25,26). The van der Waals surface area contributed by atoms with E-state index >= 15 is 0 Å². The van der Waals surface area contributed by atoms with Gasteiger partial charge in [-0.15, -0.1) is 0 Å². The van der Waals surface area contributed by atoms with Crippen LogP contribution in [0.2, 0.25) is 0 Å². The zero-order chi connectivity index (χ0) is 17.9. The highest BCUT2D eigenvalue weighted by molar-refractivity contribution is 5.77. The van der Waals surface area contributed by atoms with Crippen molar-refractivity contribution in [2.75, 3.05) is 5.32 Å². The first-order valence-corrected chi connectivity index (χ1v) is 8.23. The van der Waals surface area contributed by atoms with Gasteiger partial charge < -0.3 is 5.32 Å². The predicted octanol–water partition coefficient (Wildman–Crippen LogP) is 3.81. The number of hydrogen-bond donors (Lipinski definition) is 2. The molecule has 0 unspecified atom stereocenters. The van der Waals surface area contributed by atoms with Gasteiger partial charge >= 0.3 is 0 Å². The molecule has 0 radical (unpaired) electrons. The zero-order valence-corrected chi connectivity index (χ0v) is 14.2. The summed E-state index contributed by atoms with van der Waals surface area (Å²) < 4.78 is 0. The molecule has 126 valence electrons. The van der Waals surface area contributed by atoms with Crippen LogP contribution in [0.4, 0.5) is 5.82 Å². The lowest BCUT2D eigenvalue weighted by molar-refractivity contribution is 0.983. The van der Waals surface area contributed by atoms with Crippen LogP contribution in [-0.4, -0.2) is 20.2 Å². The van der Waals surface area contributed by atoms with Gasteiger partial charge in [-0.2, -0.15) is 10.4 Å². The van der Waals surface area contributed by atoms with Crippen molar-refractivity contribution in [1.29, 1.82) is 5.26 Å². The second-order valence-electron chi connectivity index (χ2n) is 6.00. The molecule has 0 atom stereocenters. The summed E-state index contributed by atoms with van der Waals surface area (Å²) in [7, 11) is 0. The lowest BCUT2D eigenvalue weighted by Gasteiger charge is -2.09. The van der Waals surface area contributed by atoms with Crippen molar-refractivity contribution in [3.8, 4) is 17.2 Å². The summed E-state index contributed by atoms with van der Waals surface area (Å²) in [4.78, 5) is 8.62. The maximum Gasteiger partial charge on any atom is 0.181 e. The lowest BCUT2D eigenvalue weighted by Crippen LogP contribution is -2.02. The number of H-pyrrole nitrogens is 1. The summed E-state index contributed by atoms with van der Waals surface area (Å²) >= 11 is 0. The molecule has 4 rings (SSSR count). The Hall–Kier alpha value is -3.72. The number of aromatic amines is 1. The topological polar surface area (TPSA) is 90.3 Å². The summed E-state index contributed by atoms with van der Waals surface area (Å²) in [5.41, 5.74) is 5.55. The van der Waals surface area contributed by atoms with Gasteiger partial charge in [0, 0.05) is 17.8 Å². The van der Waals surface area contributed by atoms with Gasteiger partial charge in [-0.25, -0.2) is 9.97 Å². The molecule has 0 aliphatic heterocycles. The first kappa shape index (κ1) is 15.8. The zero-order valence-electron chi connectivity index (χ0n) is 14.2. The van der Waals surface area contributed by atoms with Crippen LogP contribution in [0.5, 0.6) is 0 Å². The van der Waals surface area contributed by atoms with Gasteiger partial charge in [0.15, 0.2) is 5.65 Å². The van der Waals surface area contributed by atoms with Crippen molar-refractivity contribution in [3.63, 3.8) is 0 Å². The van der Waals surface area contributed by atoms with Crippen LogP contribution in [0, 0.1) is 18.3 Å². The molecule has 4 aromatic rings. The van der Waals surface area contributed by atoms with Crippen LogP contribution in [0.1, 0.15) is 16.8 Å². The molecule has 0 bridgehead atoms. The largest absolute Gasteiger partial charge is 0.364 e. The molecule has 0 aliphatic carbocycles. The number of anilines is 1. The number of aromatic nitrogens is 4. The molecule has 0 amide bonds. The second-order valence-corrected chi connectivity index (χ2v) is 6.00. The van der Waals surface area contributed by atoms with Crippen molar-refractivity contribution in [2.45, 2.75) is 13.5 Å². The molecule has 0 aliphatic rings. The first-order valence-electron chi connectivity index (χ1n) is 8.23. The monoisotopic (exact) mass is 340 g/mol. The van der Waals surface area contributed by atoms with Gasteiger partial charge in [-0.1, -0.05) is 6.07 Å². The Kier molecular flexibility index (Phi) is 4.04. The average molecular weight is 340 g/mol. The van der Waals surface area contributed by atoms with Crippen LogP contribution in [-0.2, 0) is 6.54 Å². The van der Waals surface area contributed by atoms with Crippen LogP contribution < -0.4 is 5.32 Å². The highest BCUT2D eigenvalue weighted by Crippen LogP contribution is 2.26. The van der Waals surface area contributed by atoms with Gasteiger partial charge in [0.1, 0.15) is 5.82 Å². The van der Waals surface area contributed by atoms with Crippen molar-refractivity contribution >= 4 is 16.9 Å². The maximum absolute atomic E-state index is 9.02. The number of hydrogen-bond acceptors (Lipinski definition) is 5. The minimum Gasteiger partial charge on any atom is -0.364 e. The van der Waals surface area contributed by atoms with E-state index in [1.807, 2.05) is 49.4 Å². The van der Waals surface area contributed by atoms with E-state index in [0.29, 0.717) is 17.8 Å². The molecule has 26 heavy (non-hydrogen) atoms. The molecule has 6 nitrogen and oxygen atoms in total. The predicted molar refractivity (Wildman–Crippen MR) is 100 cm³/mol. The second kappa shape index (κ2) is 6.65. The maximum atomic E-state index is 9.02. The Bertz CT molecular complexity index is 1120. The Morgan fingerprint density at radius 3 is 2.88 bits per heavy atom. The summed E-state index contributed by atoms with van der Waals surface area (Å²) in [6, 6.07) is 15.7. The van der Waals surface area contributed by atoms with E-state index < -0.39 is 0 Å². The third-order valence-corrected chi connectivity index (χ3v) is 4.28. The third-order valence-electron chi connectivity index (χ3n) is 4.28. The number of fused-ring (bicyclic) bond motifs is 1. The van der Waals surface area contributed by atoms with Crippen LogP contribution in [0.25, 0.3) is 22.2 Å². The number of nitrogens with zero attached hydrogens (tertiary/aromatic N) is 4. The molecule has 0 saturated heterocycles. The summed E-state index contributed by atoms with van der Waals surface area (Å²) in [5.74, 6) is 0.776. The summed E-state index contributed by atoms with van der Waals surface area (Å²) in [5, 5.41) is 20.6. The van der Waals surface area contributed by atoms with E-state index in [2.05, 4.69) is 31.6 Å². The van der Waals surface area contributed by atoms with Gasteiger partial charge in [0.05, 0.1) is 23.9 Å². The number of nitrogens with one attached hydrogen (secondary N) is 2. The Morgan fingerprint density at radius 1 is 1.12 bits per heavy atom. The molecular formula is C20H16N6. The van der Waals surface area contributed by atoms with Crippen molar-refractivity contribution in [3.05, 3.63) is 71.7 Å². The highest BCUT2D eigenvalue weighted by atomic mass is 15.2. The summed E-state index contributed by atoms with van der Waals surface area (Å²) in [6.45, 7) is 2.58. The van der Waals surface area contributed by atoms with E-state index in [1.165, 1.54) is 0 Å². The van der Waals surface area contributed by atoms with E-state index in [-0.39, 0.29) is 0 Å². The van der Waals surface area contributed by atoms with Gasteiger partial charge in [0.2, 0.25) is 0 Å². The van der Waals surface area contributed by atoms with Crippen LogP contribution in [0.3, 0.4) is 0 Å². The van der Waals surface area contributed by atoms with E-state index in [9.17, 15) is 0 Å². The quantitative estimate of drug-likeness (QED) is 0.589. The normalized spacial score (nSPS) is 10.6. The Labute approximate surface area is 150 Å². The number of nitriles is 1. The average Bonchev–Trinajstić information content (AvgIpc) is 3.09. The van der Waals surface area contributed by atoms with E-state index in [1.54, 1.807) is 12.4 Å². The molecule has 0 fully saturated rings. The number of rotatable bonds is 4. The SMILES string of the molecule is Cc1cc(C#N)ccc1-c1ccnc(NCc2[nH]nc3ncccc23)c1. The first-order chi connectivity index (χ1) is 12.7. The minimum atomic E-state index is 0.574. The fourth-order valence-corrected chi connectivity index (χ4v) is 2.97. The van der Waals surface area contributed by atoms with Crippen molar-refractivity contribution in [1.82, 2.24) is 20.2 Å². The third kappa shape index (κ3) is 2.98. The van der Waals surface area contributed by atoms with Crippen LogP contribution >= 0.6 is 0 Å². The molecular weight excluding hydrogens is 324 g/mol. The minimum absolute atomic E-state index is 0.574. The molecule has 2 N–H and O–H groups in total. The van der Waals surface area contributed by atoms with E-state index in [4.69, 9.17) is 5.26 Å². The summed E-state index contributed by atoms with van der Waals surface area (Å²) in [6.07, 6.45) is 3.51. The van der Waals surface area contributed by atoms with Gasteiger partial charge in [0.25, 0.3) is 0 Å². The van der Waals surface area contributed by atoms with Crippen molar-refractivity contribution in [2.24, 2.45) is 0 Å². The fourth-order valence-electron chi connectivity index (χ4n) is 2.97. The molecule has 3 heterocycles. The lowest BCUT2D eigenvalue weighted by atomic mass is 9.99. The highest BCUT2D eigenvalue weighted by Gasteiger charge is 2.07. The van der Waals surface area contributed by atoms with Gasteiger partial charge in [-0.3, -0.25) is 5.10 Å². The molecule has 1 aromatic carbocycles. The number of benzene rings is 1. The number of pyridine rings is 2. The van der Waals surface area contributed by atoms with Crippen molar-refractivity contribution < 1.29 is 0 Å². The van der Waals surface area contributed by atoms with Crippen LogP contribution in [0.15, 0.2) is 54.9 Å². The van der Waals surface area contributed by atoms with Gasteiger partial charge in [-0.05, 0) is 60.0 Å². The molecule has 3 aromatic heterocycles. The number of aryl methyl sites for hydroxylation is 1. The molecule has 6 heteroatoms. The molecule has 0 saturated carbocycles. The Morgan fingerprint density at radius 2 is 2.04 bits per heavy atom. The smallest absolute Gasteiger partial charge is 0.181 e.